The molecule has 0 unspecified atom stereocenters. The van der Waals surface area contributed by atoms with Crippen molar-refractivity contribution in [2.45, 2.75) is 0 Å². The minimum absolute atomic E-state index is 0.707. The fourth-order valence-corrected chi connectivity index (χ4v) is 8.26. The quantitative estimate of drug-likeness (QED) is 0.188. The van der Waals surface area contributed by atoms with Crippen LogP contribution in [0.2, 0.25) is 0 Å². The SMILES string of the molecule is c1ccc(-c2nc(-c3cccc(-n4c5ccc6c(c7ccccc7n6-c6ccccc6)c5c5ccc6ccccc6c54)c3)nc3ccccc23)cc1. The number of hydrogen-bond donors (Lipinski definition) is 0. The molecule has 0 aliphatic heterocycles. The third-order valence-electron chi connectivity index (χ3n) is 10.5. The van der Waals surface area contributed by atoms with Crippen molar-refractivity contribution in [2.24, 2.45) is 0 Å². The smallest absolute Gasteiger partial charge is 0.160 e. The molecule has 11 aromatic rings. The highest BCUT2D eigenvalue weighted by Crippen LogP contribution is 2.44. The molecule has 3 heterocycles. The molecule has 3 aromatic heterocycles. The number of para-hydroxylation sites is 3. The maximum absolute atomic E-state index is 5.22. The minimum Gasteiger partial charge on any atom is -0.309 e. The second kappa shape index (κ2) is 11.2. The Balaban J connectivity index is 1.23. The maximum atomic E-state index is 5.22. The van der Waals surface area contributed by atoms with Crippen LogP contribution >= 0.6 is 0 Å². The van der Waals surface area contributed by atoms with Crippen LogP contribution in [0.4, 0.5) is 0 Å². The second-order valence-corrected chi connectivity index (χ2v) is 13.4. The molecule has 0 N–H and O–H groups in total. The molecule has 0 saturated heterocycles. The third-order valence-corrected chi connectivity index (χ3v) is 10.5. The van der Waals surface area contributed by atoms with Gasteiger partial charge in [0.15, 0.2) is 5.82 Å². The third kappa shape index (κ3) is 4.21. The molecule has 11 rings (SSSR count). The summed E-state index contributed by atoms with van der Waals surface area (Å²) in [5.74, 6) is 0.707. The molecule has 0 spiro atoms. The van der Waals surface area contributed by atoms with Gasteiger partial charge in [0, 0.05) is 54.8 Å². The number of aromatic nitrogens is 4. The highest BCUT2D eigenvalue weighted by molar-refractivity contribution is 6.31. The zero-order chi connectivity index (χ0) is 34.2. The Morgan fingerprint density at radius 2 is 1.00 bits per heavy atom. The van der Waals surface area contributed by atoms with Gasteiger partial charge in [0.25, 0.3) is 0 Å². The first-order chi connectivity index (χ1) is 25.8. The fourth-order valence-electron chi connectivity index (χ4n) is 8.26. The molecule has 0 atom stereocenters. The highest BCUT2D eigenvalue weighted by Gasteiger charge is 2.22. The summed E-state index contributed by atoms with van der Waals surface area (Å²) in [4.78, 5) is 10.3. The molecule has 0 aliphatic rings. The van der Waals surface area contributed by atoms with Gasteiger partial charge in [-0.1, -0.05) is 133 Å². The van der Waals surface area contributed by atoms with Crippen LogP contribution < -0.4 is 0 Å². The predicted octanol–water partition coefficient (Wildman–Crippen LogP) is 12.3. The molecule has 0 bridgehead atoms. The van der Waals surface area contributed by atoms with E-state index in [4.69, 9.17) is 9.97 Å². The molecule has 8 aromatic carbocycles. The van der Waals surface area contributed by atoms with E-state index in [0.29, 0.717) is 5.82 Å². The first kappa shape index (κ1) is 28.8. The molecule has 242 valence electrons. The largest absolute Gasteiger partial charge is 0.309 e. The Morgan fingerprint density at radius 3 is 1.85 bits per heavy atom. The number of hydrogen-bond acceptors (Lipinski definition) is 2. The van der Waals surface area contributed by atoms with E-state index in [1.165, 1.54) is 48.9 Å². The van der Waals surface area contributed by atoms with Crippen LogP contribution in [0.3, 0.4) is 0 Å². The van der Waals surface area contributed by atoms with Crippen LogP contribution in [-0.2, 0) is 0 Å². The van der Waals surface area contributed by atoms with E-state index in [2.05, 4.69) is 179 Å². The van der Waals surface area contributed by atoms with Crippen molar-refractivity contribution in [3.63, 3.8) is 0 Å². The molecule has 0 saturated carbocycles. The van der Waals surface area contributed by atoms with Crippen LogP contribution in [0.15, 0.2) is 182 Å². The van der Waals surface area contributed by atoms with Crippen LogP contribution in [0.25, 0.3) is 99.3 Å². The van der Waals surface area contributed by atoms with Gasteiger partial charge in [-0.05, 0) is 53.9 Å². The van der Waals surface area contributed by atoms with E-state index in [-0.39, 0.29) is 0 Å². The van der Waals surface area contributed by atoms with Gasteiger partial charge in [0.1, 0.15) is 0 Å². The van der Waals surface area contributed by atoms with E-state index in [9.17, 15) is 0 Å². The Kier molecular flexibility index (Phi) is 6.22. The zero-order valence-electron chi connectivity index (χ0n) is 28.1. The average molecular weight is 663 g/mol. The van der Waals surface area contributed by atoms with Crippen LogP contribution in [-0.4, -0.2) is 19.1 Å². The average Bonchev–Trinajstić information content (AvgIpc) is 3.74. The van der Waals surface area contributed by atoms with E-state index in [1.54, 1.807) is 0 Å². The van der Waals surface area contributed by atoms with Gasteiger partial charge in [0.2, 0.25) is 0 Å². The predicted molar refractivity (Wildman–Crippen MR) is 217 cm³/mol. The summed E-state index contributed by atoms with van der Waals surface area (Å²) in [6.07, 6.45) is 0. The van der Waals surface area contributed by atoms with Gasteiger partial charge in [-0.25, -0.2) is 9.97 Å². The second-order valence-electron chi connectivity index (χ2n) is 13.4. The number of fused-ring (bicyclic) bond motifs is 10. The lowest BCUT2D eigenvalue weighted by molar-refractivity contribution is 1.17. The van der Waals surface area contributed by atoms with Gasteiger partial charge in [-0.15, -0.1) is 0 Å². The van der Waals surface area contributed by atoms with Gasteiger partial charge >= 0.3 is 0 Å². The van der Waals surface area contributed by atoms with Gasteiger partial charge in [-0.3, -0.25) is 0 Å². The van der Waals surface area contributed by atoms with Gasteiger partial charge < -0.3 is 9.13 Å². The van der Waals surface area contributed by atoms with Crippen LogP contribution in [0.5, 0.6) is 0 Å². The molecule has 52 heavy (non-hydrogen) atoms. The first-order valence-electron chi connectivity index (χ1n) is 17.7. The van der Waals surface area contributed by atoms with Crippen molar-refractivity contribution < 1.29 is 0 Å². The van der Waals surface area contributed by atoms with E-state index < -0.39 is 0 Å². The summed E-state index contributed by atoms with van der Waals surface area (Å²) < 4.78 is 4.85. The van der Waals surface area contributed by atoms with E-state index in [0.717, 1.165) is 44.6 Å². The van der Waals surface area contributed by atoms with E-state index in [1.807, 2.05) is 12.1 Å². The van der Waals surface area contributed by atoms with E-state index >= 15 is 0 Å². The molecule has 0 amide bonds. The monoisotopic (exact) mass is 662 g/mol. The van der Waals surface area contributed by atoms with Crippen LogP contribution in [0.1, 0.15) is 0 Å². The summed E-state index contributed by atoms with van der Waals surface area (Å²) in [6, 6.07) is 64.8. The fraction of sp³-hybridized carbons (Fsp3) is 0. The summed E-state index contributed by atoms with van der Waals surface area (Å²) in [5.41, 5.74) is 10.9. The summed E-state index contributed by atoms with van der Waals surface area (Å²) >= 11 is 0. The van der Waals surface area contributed by atoms with Gasteiger partial charge in [0.05, 0.1) is 33.3 Å². The molecule has 0 fully saturated rings. The first-order valence-corrected chi connectivity index (χ1v) is 17.7. The van der Waals surface area contributed by atoms with Crippen molar-refractivity contribution in [1.82, 2.24) is 19.1 Å². The molecular weight excluding hydrogens is 633 g/mol. The minimum atomic E-state index is 0.707. The molecule has 0 aliphatic carbocycles. The molecule has 4 nitrogen and oxygen atoms in total. The number of benzene rings is 8. The lowest BCUT2D eigenvalue weighted by atomic mass is 10.0. The Bertz CT molecular complexity index is 3170. The molecule has 4 heteroatoms. The standard InChI is InChI=1S/C48H30N4/c1-3-15-32(16-4-1)46-37-22-9-11-24-40(37)49-48(50-46)33-17-13-20-35(30-33)52-43-29-28-42-44(45(43)39-27-26-31-14-7-8-21-36(31)47(39)52)38-23-10-12-25-41(38)51(42)34-18-5-2-6-19-34/h1-30H. The van der Waals surface area contributed by atoms with Crippen molar-refractivity contribution in [3.8, 4) is 34.0 Å². The Morgan fingerprint density at radius 1 is 0.365 bits per heavy atom. The summed E-state index contributed by atoms with van der Waals surface area (Å²) in [6.45, 7) is 0. The topological polar surface area (TPSA) is 35.6 Å². The zero-order valence-corrected chi connectivity index (χ0v) is 28.1. The number of rotatable bonds is 4. The van der Waals surface area contributed by atoms with Crippen molar-refractivity contribution >= 4 is 65.3 Å². The summed E-state index contributed by atoms with van der Waals surface area (Å²) in [7, 11) is 0. The van der Waals surface area contributed by atoms with Gasteiger partial charge in [-0.2, -0.15) is 0 Å². The lowest BCUT2D eigenvalue weighted by Gasteiger charge is -2.13. The maximum Gasteiger partial charge on any atom is 0.160 e. The Labute approximate surface area is 299 Å². The van der Waals surface area contributed by atoms with Crippen molar-refractivity contribution in [3.05, 3.63) is 182 Å². The van der Waals surface area contributed by atoms with Crippen molar-refractivity contribution in [2.75, 3.05) is 0 Å². The molecule has 0 radical (unpaired) electrons. The number of nitrogens with zero attached hydrogens (tertiary/aromatic N) is 4. The normalized spacial score (nSPS) is 11.8. The molecular formula is C48H30N4. The summed E-state index contributed by atoms with van der Waals surface area (Å²) in [5, 5.41) is 8.46. The highest BCUT2D eigenvalue weighted by atomic mass is 15.0. The Hall–Kier alpha value is -7.04. The van der Waals surface area contributed by atoms with Crippen molar-refractivity contribution in [1.29, 1.82) is 0 Å². The lowest BCUT2D eigenvalue weighted by Crippen LogP contribution is -1.98. The van der Waals surface area contributed by atoms with Crippen LogP contribution in [0, 0.1) is 0 Å².